The molecule has 0 aliphatic rings. The Morgan fingerprint density at radius 2 is 2.19 bits per heavy atom. The second-order valence-electron chi connectivity index (χ2n) is 4.15. The van der Waals surface area contributed by atoms with Crippen molar-refractivity contribution in [3.05, 3.63) is 35.8 Å². The molecule has 2 aromatic rings. The van der Waals surface area contributed by atoms with Crippen molar-refractivity contribution in [1.29, 1.82) is 0 Å². The van der Waals surface area contributed by atoms with Crippen molar-refractivity contribution in [2.75, 3.05) is 20.6 Å². The van der Waals surface area contributed by atoms with Gasteiger partial charge in [0.2, 0.25) is 0 Å². The lowest BCUT2D eigenvalue weighted by atomic mass is 10.1. The highest BCUT2D eigenvalue weighted by Crippen LogP contribution is 2.26. The van der Waals surface area contributed by atoms with Gasteiger partial charge in [0.05, 0.1) is 0 Å². The summed E-state index contributed by atoms with van der Waals surface area (Å²) in [5.74, 6) is -0.220. The number of hydrogen-bond donors (Lipinski definition) is 2. The zero-order valence-corrected chi connectivity index (χ0v) is 9.50. The van der Waals surface area contributed by atoms with Gasteiger partial charge in [0.1, 0.15) is 5.82 Å². The quantitative estimate of drug-likeness (QED) is 0.831. The average Bonchev–Trinajstić information content (AvgIpc) is 2.62. The molecule has 1 unspecified atom stereocenters. The van der Waals surface area contributed by atoms with Crippen LogP contribution in [0.25, 0.3) is 10.9 Å². The lowest BCUT2D eigenvalue weighted by Gasteiger charge is -2.22. The first-order valence-electron chi connectivity index (χ1n) is 5.26. The molecule has 0 aliphatic heterocycles. The predicted molar refractivity (Wildman–Crippen MR) is 63.7 cm³/mol. The average molecular weight is 221 g/mol. The van der Waals surface area contributed by atoms with E-state index in [1.165, 1.54) is 6.07 Å². The van der Waals surface area contributed by atoms with Gasteiger partial charge >= 0.3 is 0 Å². The molecule has 0 fully saturated rings. The number of halogens is 1. The third kappa shape index (κ3) is 1.81. The number of fused-ring (bicyclic) bond motifs is 1. The maximum atomic E-state index is 13.2. The fourth-order valence-electron chi connectivity index (χ4n) is 2.01. The van der Waals surface area contributed by atoms with Gasteiger partial charge in [-0.25, -0.2) is 4.39 Å². The van der Waals surface area contributed by atoms with Crippen LogP contribution in [-0.2, 0) is 0 Å². The number of nitrogens with two attached hydrogens (primary N) is 1. The molecule has 1 heterocycles. The summed E-state index contributed by atoms with van der Waals surface area (Å²) < 4.78 is 13.2. The predicted octanol–water partition coefficient (Wildman–Crippen LogP) is 1.87. The van der Waals surface area contributed by atoms with E-state index >= 15 is 0 Å². The molecule has 1 aromatic carbocycles. The van der Waals surface area contributed by atoms with E-state index in [9.17, 15) is 4.39 Å². The maximum absolute atomic E-state index is 13.2. The molecule has 16 heavy (non-hydrogen) atoms. The monoisotopic (exact) mass is 221 g/mol. The van der Waals surface area contributed by atoms with Crippen molar-refractivity contribution in [3.63, 3.8) is 0 Å². The number of likely N-dealkylation sites (N-methyl/N-ethyl adjacent to an activating group) is 1. The molecular formula is C12H16FN3. The lowest BCUT2D eigenvalue weighted by molar-refractivity contribution is 0.308. The molecule has 0 amide bonds. The Balaban J connectivity index is 2.55. The Morgan fingerprint density at radius 1 is 1.44 bits per heavy atom. The van der Waals surface area contributed by atoms with Gasteiger partial charge in [-0.1, -0.05) is 0 Å². The standard InChI is InChI=1S/C12H16FN3/c1-16(2)12(6-14)10-7-15-11-4-3-8(13)5-9(10)11/h3-5,7,12,15H,6,14H2,1-2H3. The van der Waals surface area contributed by atoms with E-state index in [2.05, 4.69) is 4.98 Å². The number of nitrogens with zero attached hydrogens (tertiary/aromatic N) is 1. The number of nitrogens with one attached hydrogen (secondary N) is 1. The zero-order chi connectivity index (χ0) is 11.7. The summed E-state index contributed by atoms with van der Waals surface area (Å²) in [5.41, 5.74) is 7.73. The van der Waals surface area contributed by atoms with E-state index in [1.807, 2.05) is 25.2 Å². The van der Waals surface area contributed by atoms with Crippen LogP contribution in [0, 0.1) is 5.82 Å². The van der Waals surface area contributed by atoms with E-state index in [4.69, 9.17) is 5.73 Å². The summed E-state index contributed by atoms with van der Waals surface area (Å²) in [7, 11) is 3.94. The number of H-pyrrole nitrogens is 1. The molecule has 1 aromatic heterocycles. The third-order valence-electron chi connectivity index (χ3n) is 2.88. The first-order valence-corrected chi connectivity index (χ1v) is 5.26. The van der Waals surface area contributed by atoms with Gasteiger partial charge in [-0.3, -0.25) is 0 Å². The molecule has 0 bridgehead atoms. The third-order valence-corrected chi connectivity index (χ3v) is 2.88. The minimum atomic E-state index is -0.220. The van der Waals surface area contributed by atoms with Gasteiger partial charge in [0, 0.05) is 29.7 Å². The normalized spacial score (nSPS) is 13.6. The van der Waals surface area contributed by atoms with Crippen LogP contribution >= 0.6 is 0 Å². The molecule has 4 heteroatoms. The second kappa shape index (κ2) is 4.23. The van der Waals surface area contributed by atoms with E-state index in [-0.39, 0.29) is 11.9 Å². The summed E-state index contributed by atoms with van der Waals surface area (Å²) in [6.07, 6.45) is 1.90. The summed E-state index contributed by atoms with van der Waals surface area (Å²) >= 11 is 0. The van der Waals surface area contributed by atoms with Crippen LogP contribution in [0.2, 0.25) is 0 Å². The number of rotatable bonds is 3. The Kier molecular flexibility index (Phi) is 2.94. The summed E-state index contributed by atoms with van der Waals surface area (Å²) in [5, 5.41) is 0.907. The van der Waals surface area contributed by atoms with Crippen LogP contribution in [0.5, 0.6) is 0 Å². The van der Waals surface area contributed by atoms with Crippen LogP contribution in [0.4, 0.5) is 4.39 Å². The number of aromatic amines is 1. The van der Waals surface area contributed by atoms with Crippen LogP contribution < -0.4 is 5.73 Å². The first kappa shape index (κ1) is 11.1. The van der Waals surface area contributed by atoms with E-state index in [1.54, 1.807) is 12.1 Å². The van der Waals surface area contributed by atoms with Crippen molar-refractivity contribution >= 4 is 10.9 Å². The fourth-order valence-corrected chi connectivity index (χ4v) is 2.01. The van der Waals surface area contributed by atoms with E-state index in [0.717, 1.165) is 16.5 Å². The maximum Gasteiger partial charge on any atom is 0.123 e. The second-order valence-corrected chi connectivity index (χ2v) is 4.15. The Bertz CT molecular complexity index is 490. The van der Waals surface area contributed by atoms with Crippen molar-refractivity contribution in [2.24, 2.45) is 5.73 Å². The van der Waals surface area contributed by atoms with E-state index in [0.29, 0.717) is 6.54 Å². The Morgan fingerprint density at radius 3 is 2.81 bits per heavy atom. The number of benzene rings is 1. The molecule has 0 saturated heterocycles. The van der Waals surface area contributed by atoms with Crippen LogP contribution in [0.3, 0.4) is 0 Å². The number of aromatic nitrogens is 1. The minimum absolute atomic E-state index is 0.107. The van der Waals surface area contributed by atoms with Gasteiger partial charge in [-0.2, -0.15) is 0 Å². The van der Waals surface area contributed by atoms with Crippen molar-refractivity contribution in [1.82, 2.24) is 9.88 Å². The Labute approximate surface area is 94.0 Å². The van der Waals surface area contributed by atoms with Gasteiger partial charge in [0.15, 0.2) is 0 Å². The highest BCUT2D eigenvalue weighted by Gasteiger charge is 2.16. The number of hydrogen-bond acceptors (Lipinski definition) is 2. The topological polar surface area (TPSA) is 45.0 Å². The molecule has 0 aliphatic carbocycles. The van der Waals surface area contributed by atoms with Crippen LogP contribution in [0.1, 0.15) is 11.6 Å². The van der Waals surface area contributed by atoms with Crippen LogP contribution in [0.15, 0.2) is 24.4 Å². The molecule has 3 N–H and O–H groups in total. The Hall–Kier alpha value is -1.39. The first-order chi connectivity index (χ1) is 7.63. The minimum Gasteiger partial charge on any atom is -0.361 e. The molecule has 86 valence electrons. The molecule has 3 nitrogen and oxygen atoms in total. The van der Waals surface area contributed by atoms with Crippen molar-refractivity contribution in [2.45, 2.75) is 6.04 Å². The van der Waals surface area contributed by atoms with Crippen LogP contribution in [-0.4, -0.2) is 30.5 Å². The molecule has 2 rings (SSSR count). The van der Waals surface area contributed by atoms with Gasteiger partial charge < -0.3 is 15.6 Å². The van der Waals surface area contributed by atoms with Crippen molar-refractivity contribution in [3.8, 4) is 0 Å². The smallest absolute Gasteiger partial charge is 0.123 e. The van der Waals surface area contributed by atoms with Crippen molar-refractivity contribution < 1.29 is 4.39 Å². The molecular weight excluding hydrogens is 205 g/mol. The molecule has 0 radical (unpaired) electrons. The van der Waals surface area contributed by atoms with Gasteiger partial charge in [0.25, 0.3) is 0 Å². The largest absolute Gasteiger partial charge is 0.361 e. The lowest BCUT2D eigenvalue weighted by Crippen LogP contribution is -2.26. The fraction of sp³-hybridized carbons (Fsp3) is 0.333. The molecule has 0 saturated carbocycles. The van der Waals surface area contributed by atoms with E-state index < -0.39 is 0 Å². The van der Waals surface area contributed by atoms with Gasteiger partial charge in [-0.05, 0) is 37.9 Å². The summed E-state index contributed by atoms with van der Waals surface area (Å²) in [4.78, 5) is 5.17. The zero-order valence-electron chi connectivity index (χ0n) is 9.50. The summed E-state index contributed by atoms with van der Waals surface area (Å²) in [6.45, 7) is 0.510. The highest BCUT2D eigenvalue weighted by atomic mass is 19.1. The van der Waals surface area contributed by atoms with Gasteiger partial charge in [-0.15, -0.1) is 0 Å². The molecule has 1 atom stereocenters. The summed E-state index contributed by atoms with van der Waals surface area (Å²) in [6, 6.07) is 4.86. The highest BCUT2D eigenvalue weighted by molar-refractivity contribution is 5.83. The molecule has 0 spiro atoms. The SMILES string of the molecule is CN(C)C(CN)c1c[nH]c2ccc(F)cc12.